The number of benzene rings is 1. The molecule has 1 atom stereocenters. The van der Waals surface area contributed by atoms with Gasteiger partial charge in [0.25, 0.3) is 5.91 Å². The van der Waals surface area contributed by atoms with Crippen molar-refractivity contribution in [2.45, 2.75) is 19.5 Å². The molecule has 23 heavy (non-hydrogen) atoms. The molecule has 1 heterocycles. The van der Waals surface area contributed by atoms with E-state index >= 15 is 0 Å². The van der Waals surface area contributed by atoms with Gasteiger partial charge in [0, 0.05) is 0 Å². The Morgan fingerprint density at radius 3 is 2.57 bits per heavy atom. The normalized spacial score (nSPS) is 11.8. The molecule has 0 spiro atoms. The van der Waals surface area contributed by atoms with Crippen molar-refractivity contribution >= 4 is 11.8 Å². The lowest BCUT2D eigenvalue weighted by Gasteiger charge is -2.14. The van der Waals surface area contributed by atoms with Crippen molar-refractivity contribution in [2.24, 2.45) is 0 Å². The van der Waals surface area contributed by atoms with Crippen LogP contribution in [0.15, 0.2) is 34.9 Å². The summed E-state index contributed by atoms with van der Waals surface area (Å²) in [6.07, 6.45) is 1.44. The van der Waals surface area contributed by atoms with Crippen molar-refractivity contribution in [1.29, 1.82) is 0 Å². The molecule has 5 nitrogen and oxygen atoms in total. The molecule has 0 unspecified atom stereocenters. The summed E-state index contributed by atoms with van der Waals surface area (Å²) in [6, 6.07) is 3.73. The smallest absolute Gasteiger partial charge is 0.255 e. The monoisotopic (exact) mass is 326 g/mol. The van der Waals surface area contributed by atoms with Crippen LogP contribution in [-0.4, -0.2) is 17.9 Å². The summed E-state index contributed by atoms with van der Waals surface area (Å²) in [6.45, 7) is 1.48. The Morgan fingerprint density at radius 2 is 1.91 bits per heavy atom. The molecule has 2 amide bonds. The summed E-state index contributed by atoms with van der Waals surface area (Å²) < 4.78 is 44.5. The van der Waals surface area contributed by atoms with Gasteiger partial charge in [0.05, 0.1) is 18.4 Å². The lowest BCUT2D eigenvalue weighted by molar-refractivity contribution is -0.122. The van der Waals surface area contributed by atoms with Crippen LogP contribution in [0.3, 0.4) is 0 Å². The van der Waals surface area contributed by atoms with E-state index in [-0.39, 0.29) is 6.54 Å². The number of hydrogen-bond donors (Lipinski definition) is 2. The molecule has 0 aliphatic heterocycles. The van der Waals surface area contributed by atoms with E-state index in [1.54, 1.807) is 12.1 Å². The third kappa shape index (κ3) is 3.91. The first-order valence-electron chi connectivity index (χ1n) is 6.64. The Hall–Kier alpha value is -2.77. The fraction of sp³-hybridized carbons (Fsp3) is 0.200. The first-order chi connectivity index (χ1) is 10.9. The molecular formula is C15H13F3N2O3. The summed E-state index contributed by atoms with van der Waals surface area (Å²) in [5, 5.41) is 4.70. The Morgan fingerprint density at radius 1 is 1.17 bits per heavy atom. The van der Waals surface area contributed by atoms with Gasteiger partial charge >= 0.3 is 0 Å². The third-order valence-corrected chi connectivity index (χ3v) is 3.04. The highest BCUT2D eigenvalue weighted by Crippen LogP contribution is 2.15. The minimum Gasteiger partial charge on any atom is -0.467 e. The SMILES string of the molecule is C[C@@H](NC(=O)c1ccc(F)c(F)c1F)C(=O)NCc1ccco1. The summed E-state index contributed by atoms with van der Waals surface area (Å²) in [4.78, 5) is 23.7. The summed E-state index contributed by atoms with van der Waals surface area (Å²) in [5.41, 5.74) is -0.686. The second-order valence-corrected chi connectivity index (χ2v) is 4.72. The average molecular weight is 326 g/mol. The molecule has 0 bridgehead atoms. The fourth-order valence-corrected chi connectivity index (χ4v) is 1.78. The average Bonchev–Trinajstić information content (AvgIpc) is 3.03. The zero-order valence-corrected chi connectivity index (χ0v) is 12.0. The van der Waals surface area contributed by atoms with Crippen LogP contribution in [0.1, 0.15) is 23.0 Å². The molecule has 1 aromatic carbocycles. The Balaban J connectivity index is 1.96. The van der Waals surface area contributed by atoms with Gasteiger partial charge in [-0.1, -0.05) is 0 Å². The van der Waals surface area contributed by atoms with Gasteiger partial charge in [-0.3, -0.25) is 9.59 Å². The van der Waals surface area contributed by atoms with Crippen molar-refractivity contribution in [3.05, 3.63) is 59.3 Å². The van der Waals surface area contributed by atoms with E-state index in [4.69, 9.17) is 4.42 Å². The predicted molar refractivity (Wildman–Crippen MR) is 73.8 cm³/mol. The molecule has 2 N–H and O–H groups in total. The van der Waals surface area contributed by atoms with Crippen LogP contribution in [0.2, 0.25) is 0 Å². The topological polar surface area (TPSA) is 71.3 Å². The summed E-state index contributed by atoms with van der Waals surface area (Å²) >= 11 is 0. The van der Waals surface area contributed by atoms with E-state index in [0.717, 1.165) is 6.07 Å². The number of carbonyl (C=O) groups excluding carboxylic acids is 2. The summed E-state index contributed by atoms with van der Waals surface area (Å²) in [5.74, 6) is -5.80. The van der Waals surface area contributed by atoms with Gasteiger partial charge in [0.1, 0.15) is 11.8 Å². The minimum absolute atomic E-state index is 0.117. The van der Waals surface area contributed by atoms with Gasteiger partial charge in [-0.15, -0.1) is 0 Å². The second-order valence-electron chi connectivity index (χ2n) is 4.72. The number of hydrogen-bond acceptors (Lipinski definition) is 3. The highest BCUT2D eigenvalue weighted by Gasteiger charge is 2.22. The van der Waals surface area contributed by atoms with Crippen molar-refractivity contribution in [3.63, 3.8) is 0 Å². The molecule has 0 saturated carbocycles. The van der Waals surface area contributed by atoms with Crippen molar-refractivity contribution in [2.75, 3.05) is 0 Å². The van der Waals surface area contributed by atoms with Crippen molar-refractivity contribution in [3.8, 4) is 0 Å². The lowest BCUT2D eigenvalue weighted by Crippen LogP contribution is -2.44. The quantitative estimate of drug-likeness (QED) is 0.827. The van der Waals surface area contributed by atoms with Gasteiger partial charge in [0.2, 0.25) is 5.91 Å². The van der Waals surface area contributed by atoms with Gasteiger partial charge in [-0.2, -0.15) is 0 Å². The third-order valence-electron chi connectivity index (χ3n) is 3.04. The van der Waals surface area contributed by atoms with Gasteiger partial charge < -0.3 is 15.1 Å². The van der Waals surface area contributed by atoms with Crippen molar-refractivity contribution < 1.29 is 27.2 Å². The standard InChI is InChI=1S/C15H13F3N2O3/c1-8(14(21)19-7-9-3-2-6-23-9)20-15(22)10-4-5-11(16)13(18)12(10)17/h2-6,8H,7H2,1H3,(H,19,21)(H,20,22)/t8-/m1/s1. The Kier molecular flexibility index (Phi) is 5.05. The number of nitrogens with one attached hydrogen (secondary N) is 2. The number of carbonyl (C=O) groups is 2. The number of furan rings is 1. The number of amides is 2. The van der Waals surface area contributed by atoms with Gasteiger partial charge in [0.15, 0.2) is 17.5 Å². The van der Waals surface area contributed by atoms with Crippen LogP contribution in [0.25, 0.3) is 0 Å². The van der Waals surface area contributed by atoms with Gasteiger partial charge in [-0.05, 0) is 31.2 Å². The van der Waals surface area contributed by atoms with E-state index in [1.807, 2.05) is 0 Å². The molecule has 8 heteroatoms. The molecule has 2 rings (SSSR count). The van der Waals surface area contributed by atoms with E-state index in [1.165, 1.54) is 13.2 Å². The molecule has 122 valence electrons. The van der Waals surface area contributed by atoms with Gasteiger partial charge in [-0.25, -0.2) is 13.2 Å². The molecule has 0 fully saturated rings. The Labute approximate surface area is 129 Å². The second kappa shape index (κ2) is 6.99. The first kappa shape index (κ1) is 16.6. The largest absolute Gasteiger partial charge is 0.467 e. The van der Waals surface area contributed by atoms with E-state index in [9.17, 15) is 22.8 Å². The van der Waals surface area contributed by atoms with Crippen molar-refractivity contribution in [1.82, 2.24) is 10.6 Å². The highest BCUT2D eigenvalue weighted by molar-refractivity contribution is 5.97. The summed E-state index contributed by atoms with van der Waals surface area (Å²) in [7, 11) is 0. The zero-order valence-electron chi connectivity index (χ0n) is 12.0. The number of halogens is 3. The maximum absolute atomic E-state index is 13.5. The van der Waals surface area contributed by atoms with Crippen LogP contribution in [0, 0.1) is 17.5 Å². The molecule has 0 radical (unpaired) electrons. The maximum Gasteiger partial charge on any atom is 0.255 e. The van der Waals surface area contributed by atoms with Crippen LogP contribution < -0.4 is 10.6 Å². The zero-order chi connectivity index (χ0) is 17.0. The van der Waals surface area contributed by atoms with E-state index in [0.29, 0.717) is 11.8 Å². The Bertz CT molecular complexity index is 717. The fourth-order valence-electron chi connectivity index (χ4n) is 1.78. The lowest BCUT2D eigenvalue weighted by atomic mass is 10.1. The molecule has 0 aliphatic carbocycles. The first-order valence-corrected chi connectivity index (χ1v) is 6.64. The van der Waals surface area contributed by atoms with Crippen LogP contribution >= 0.6 is 0 Å². The molecule has 0 saturated heterocycles. The van der Waals surface area contributed by atoms with E-state index in [2.05, 4.69) is 10.6 Å². The number of rotatable bonds is 5. The molecule has 1 aromatic heterocycles. The van der Waals surface area contributed by atoms with Crippen LogP contribution in [-0.2, 0) is 11.3 Å². The van der Waals surface area contributed by atoms with Crippen LogP contribution in [0.4, 0.5) is 13.2 Å². The highest BCUT2D eigenvalue weighted by atomic mass is 19.2. The van der Waals surface area contributed by atoms with E-state index < -0.39 is 40.9 Å². The molecular weight excluding hydrogens is 313 g/mol. The molecule has 2 aromatic rings. The molecule has 0 aliphatic rings. The minimum atomic E-state index is -1.74. The van der Waals surface area contributed by atoms with Crippen LogP contribution in [0.5, 0.6) is 0 Å². The predicted octanol–water partition coefficient (Wildman–Crippen LogP) is 2.13. The maximum atomic E-state index is 13.5.